The number of morpholine rings is 1. The molecule has 4 rings (SSSR count). The van der Waals surface area contributed by atoms with Gasteiger partial charge < -0.3 is 19.9 Å². The van der Waals surface area contributed by atoms with Crippen LogP contribution in [0, 0.1) is 0 Å². The summed E-state index contributed by atoms with van der Waals surface area (Å²) in [5.74, 6) is 0. The zero-order chi connectivity index (χ0) is 19.3. The van der Waals surface area contributed by atoms with Crippen molar-refractivity contribution in [1.82, 2.24) is 25.2 Å². The van der Waals surface area contributed by atoms with Crippen molar-refractivity contribution in [3.63, 3.8) is 0 Å². The van der Waals surface area contributed by atoms with Crippen LogP contribution in [0.25, 0.3) is 0 Å². The molecule has 8 nitrogen and oxygen atoms in total. The highest BCUT2D eigenvalue weighted by atomic mass is 35.5. The molecule has 0 amide bonds. The Morgan fingerprint density at radius 1 is 1.29 bits per heavy atom. The average Bonchev–Trinajstić information content (AvgIpc) is 3.28. The molecule has 2 fully saturated rings. The van der Waals surface area contributed by atoms with Crippen LogP contribution < -0.4 is 5.32 Å². The van der Waals surface area contributed by atoms with Gasteiger partial charge in [0, 0.05) is 37.4 Å². The van der Waals surface area contributed by atoms with Crippen LogP contribution in [0.15, 0.2) is 30.5 Å². The van der Waals surface area contributed by atoms with Crippen LogP contribution in [-0.4, -0.2) is 76.2 Å². The lowest BCUT2D eigenvalue weighted by Gasteiger charge is -2.25. The van der Waals surface area contributed by atoms with Crippen LogP contribution >= 0.6 is 11.6 Å². The molecule has 1 aromatic carbocycles. The van der Waals surface area contributed by atoms with Gasteiger partial charge in [-0.25, -0.2) is 4.68 Å². The van der Waals surface area contributed by atoms with Crippen molar-refractivity contribution in [3.8, 4) is 0 Å². The Balaban J connectivity index is 1.32. The van der Waals surface area contributed by atoms with E-state index in [0.717, 1.165) is 44.1 Å². The van der Waals surface area contributed by atoms with Gasteiger partial charge in [-0.15, -0.1) is 5.10 Å². The lowest BCUT2D eigenvalue weighted by molar-refractivity contribution is 0.0336. The number of ether oxygens (including phenoxy) is 2. The number of aliphatic hydroxyl groups excluding tert-OH is 1. The van der Waals surface area contributed by atoms with Gasteiger partial charge in [0.15, 0.2) is 0 Å². The molecule has 2 N–H and O–H groups in total. The number of aromatic nitrogens is 3. The largest absolute Gasteiger partial charge is 0.389 e. The molecule has 2 aliphatic heterocycles. The first-order valence-electron chi connectivity index (χ1n) is 9.64. The van der Waals surface area contributed by atoms with E-state index >= 15 is 0 Å². The van der Waals surface area contributed by atoms with Crippen LogP contribution in [0.1, 0.15) is 11.3 Å². The molecule has 2 saturated heterocycles. The normalized spacial score (nSPS) is 26.0. The minimum atomic E-state index is -0.555. The quantitative estimate of drug-likeness (QED) is 0.698. The third kappa shape index (κ3) is 5.08. The van der Waals surface area contributed by atoms with Gasteiger partial charge in [-0.05, 0) is 17.7 Å². The first-order chi connectivity index (χ1) is 13.7. The number of hydrogen-bond donors (Lipinski definition) is 2. The SMILES string of the molecule is O[C@H]1CO[C@H](Cn2cc(CN3CCOCC3)nn2)[C@@H]1NCc1cccc(Cl)c1. The predicted molar refractivity (Wildman–Crippen MR) is 104 cm³/mol. The van der Waals surface area contributed by atoms with Crippen LogP contribution in [0.5, 0.6) is 0 Å². The molecular weight excluding hydrogens is 382 g/mol. The van der Waals surface area contributed by atoms with Crippen LogP contribution in [0.3, 0.4) is 0 Å². The van der Waals surface area contributed by atoms with E-state index in [1.807, 2.05) is 30.5 Å². The third-order valence-corrected chi connectivity index (χ3v) is 5.40. The molecule has 3 atom stereocenters. The molecule has 0 aliphatic carbocycles. The number of aliphatic hydroxyl groups is 1. The Hall–Kier alpha value is -1.55. The molecule has 0 bridgehead atoms. The first-order valence-corrected chi connectivity index (χ1v) is 10.0. The fourth-order valence-electron chi connectivity index (χ4n) is 3.67. The maximum absolute atomic E-state index is 10.3. The lowest BCUT2D eigenvalue weighted by atomic mass is 10.1. The highest BCUT2D eigenvalue weighted by Gasteiger charge is 2.36. The molecule has 152 valence electrons. The second-order valence-corrected chi connectivity index (χ2v) is 7.73. The molecule has 0 unspecified atom stereocenters. The summed E-state index contributed by atoms with van der Waals surface area (Å²) in [5.41, 5.74) is 2.00. The van der Waals surface area contributed by atoms with Crippen molar-refractivity contribution < 1.29 is 14.6 Å². The van der Waals surface area contributed by atoms with Crippen LogP contribution in [-0.2, 0) is 29.1 Å². The smallest absolute Gasteiger partial charge is 0.0967 e. The third-order valence-electron chi connectivity index (χ3n) is 5.17. The minimum Gasteiger partial charge on any atom is -0.389 e. The van der Waals surface area contributed by atoms with Gasteiger partial charge in [-0.3, -0.25) is 4.90 Å². The van der Waals surface area contributed by atoms with Crippen molar-refractivity contribution in [2.24, 2.45) is 0 Å². The van der Waals surface area contributed by atoms with Crippen molar-refractivity contribution in [2.45, 2.75) is 37.9 Å². The molecular formula is C19H26ClN5O3. The Kier molecular flexibility index (Phi) is 6.56. The second kappa shape index (κ2) is 9.30. The molecule has 0 radical (unpaired) electrons. The van der Waals surface area contributed by atoms with Gasteiger partial charge in [-0.1, -0.05) is 28.9 Å². The highest BCUT2D eigenvalue weighted by molar-refractivity contribution is 6.30. The van der Waals surface area contributed by atoms with E-state index in [1.54, 1.807) is 4.68 Å². The molecule has 2 aliphatic rings. The van der Waals surface area contributed by atoms with E-state index in [4.69, 9.17) is 21.1 Å². The Morgan fingerprint density at radius 3 is 2.96 bits per heavy atom. The number of nitrogens with zero attached hydrogens (tertiary/aromatic N) is 4. The average molecular weight is 408 g/mol. The summed E-state index contributed by atoms with van der Waals surface area (Å²) in [7, 11) is 0. The molecule has 28 heavy (non-hydrogen) atoms. The molecule has 0 saturated carbocycles. The Labute approximate surface area is 169 Å². The summed E-state index contributed by atoms with van der Waals surface area (Å²) in [6.07, 6.45) is 1.23. The highest BCUT2D eigenvalue weighted by Crippen LogP contribution is 2.18. The van der Waals surface area contributed by atoms with Gasteiger partial charge in [-0.2, -0.15) is 0 Å². The maximum Gasteiger partial charge on any atom is 0.0967 e. The van der Waals surface area contributed by atoms with Crippen LogP contribution in [0.4, 0.5) is 0 Å². The minimum absolute atomic E-state index is 0.174. The number of hydrogen-bond acceptors (Lipinski definition) is 7. The van der Waals surface area contributed by atoms with Gasteiger partial charge in [0.05, 0.1) is 50.3 Å². The number of benzene rings is 1. The van der Waals surface area contributed by atoms with E-state index in [-0.39, 0.29) is 12.1 Å². The summed E-state index contributed by atoms with van der Waals surface area (Å²) in [5, 5.41) is 22.9. The van der Waals surface area contributed by atoms with Crippen molar-refractivity contribution in [1.29, 1.82) is 0 Å². The van der Waals surface area contributed by atoms with Crippen molar-refractivity contribution in [2.75, 3.05) is 32.9 Å². The lowest BCUT2D eigenvalue weighted by Crippen LogP contribution is -2.45. The van der Waals surface area contributed by atoms with Gasteiger partial charge >= 0.3 is 0 Å². The van der Waals surface area contributed by atoms with Gasteiger partial charge in [0.1, 0.15) is 0 Å². The van der Waals surface area contributed by atoms with Gasteiger partial charge in [0.2, 0.25) is 0 Å². The first kappa shape index (κ1) is 19.8. The number of halogens is 1. The summed E-state index contributed by atoms with van der Waals surface area (Å²) in [6.45, 7) is 5.60. The standard InChI is InChI=1S/C19H26ClN5O3/c20-15-3-1-2-14(8-15)9-21-19-17(26)13-28-18(19)12-25-11-16(22-23-25)10-24-4-6-27-7-5-24/h1-3,8,11,17-19,21,26H,4-7,9-10,12-13H2/t17-,18+,19+/m0/s1. The molecule has 2 aromatic rings. The van der Waals surface area contributed by atoms with E-state index < -0.39 is 6.10 Å². The van der Waals surface area contributed by atoms with E-state index in [1.165, 1.54) is 0 Å². The Bertz CT molecular complexity index is 768. The van der Waals surface area contributed by atoms with Gasteiger partial charge in [0.25, 0.3) is 0 Å². The summed E-state index contributed by atoms with van der Waals surface area (Å²) >= 11 is 6.05. The fraction of sp³-hybridized carbons (Fsp3) is 0.579. The molecule has 0 spiro atoms. The summed E-state index contributed by atoms with van der Waals surface area (Å²) < 4.78 is 13.0. The zero-order valence-corrected chi connectivity index (χ0v) is 16.5. The predicted octanol–water partition coefficient (Wildman–Crippen LogP) is 0.682. The second-order valence-electron chi connectivity index (χ2n) is 7.30. The van der Waals surface area contributed by atoms with Crippen molar-refractivity contribution >= 4 is 11.6 Å². The topological polar surface area (TPSA) is 84.7 Å². The Morgan fingerprint density at radius 2 is 2.14 bits per heavy atom. The van der Waals surface area contributed by atoms with E-state index in [2.05, 4.69) is 20.5 Å². The number of rotatable bonds is 7. The fourth-order valence-corrected chi connectivity index (χ4v) is 3.88. The van der Waals surface area contributed by atoms with Crippen LogP contribution in [0.2, 0.25) is 5.02 Å². The number of nitrogens with one attached hydrogen (secondary N) is 1. The molecule has 9 heteroatoms. The summed E-state index contributed by atoms with van der Waals surface area (Å²) in [6, 6.07) is 7.52. The van der Waals surface area contributed by atoms with Crippen molar-refractivity contribution in [3.05, 3.63) is 46.7 Å². The molecule has 1 aromatic heterocycles. The monoisotopic (exact) mass is 407 g/mol. The van der Waals surface area contributed by atoms with E-state index in [9.17, 15) is 5.11 Å². The van der Waals surface area contributed by atoms with E-state index in [0.29, 0.717) is 24.7 Å². The zero-order valence-electron chi connectivity index (χ0n) is 15.7. The maximum atomic E-state index is 10.3. The summed E-state index contributed by atoms with van der Waals surface area (Å²) in [4.78, 5) is 2.31. The molecule has 3 heterocycles.